The molecule has 2 amide bonds. The van der Waals surface area contributed by atoms with Gasteiger partial charge < -0.3 is 10.6 Å². The lowest BCUT2D eigenvalue weighted by Gasteiger charge is -2.56. The monoisotopic (exact) mass is 558 g/mol. The zero-order chi connectivity index (χ0) is 25.7. The Morgan fingerprint density at radius 3 is 2.29 bits per heavy atom. The molecule has 8 nitrogen and oxygen atoms in total. The maximum Gasteiger partial charge on any atom is 0.246 e. The largest absolute Gasteiger partial charge is 0.334 e. The quantitative estimate of drug-likeness (QED) is 0.583. The van der Waals surface area contributed by atoms with Crippen LogP contribution in [-0.4, -0.2) is 66.2 Å². The Balaban J connectivity index is 1.92. The van der Waals surface area contributed by atoms with E-state index in [1.165, 1.54) is 23.1 Å². The second-order valence-electron chi connectivity index (χ2n) is 8.96. The van der Waals surface area contributed by atoms with Crippen molar-refractivity contribution < 1.29 is 18.0 Å². The maximum absolute atomic E-state index is 14.3. The highest BCUT2D eigenvalue weighted by molar-refractivity contribution is 7.93. The van der Waals surface area contributed by atoms with Crippen molar-refractivity contribution in [3.05, 3.63) is 63.1 Å². The highest BCUT2D eigenvalue weighted by atomic mass is 35.5. The Hall–Kier alpha value is -1.88. The van der Waals surface area contributed by atoms with Gasteiger partial charge >= 0.3 is 0 Å². The van der Waals surface area contributed by atoms with E-state index in [1.807, 2.05) is 0 Å². The average molecular weight is 560 g/mol. The zero-order valence-corrected chi connectivity index (χ0v) is 22.1. The van der Waals surface area contributed by atoms with Gasteiger partial charge in [0.05, 0.1) is 22.5 Å². The lowest BCUT2D eigenvalue weighted by Crippen LogP contribution is -2.83. The fourth-order valence-corrected chi connectivity index (χ4v) is 7.41. The number of hydrogen-bond donors (Lipinski definition) is 2. The molecule has 0 saturated carbocycles. The Morgan fingerprint density at radius 1 is 1.06 bits per heavy atom. The molecule has 3 atom stereocenters. The molecule has 0 aromatic heterocycles. The second-order valence-corrected chi connectivity index (χ2v) is 12.4. The van der Waals surface area contributed by atoms with Crippen LogP contribution in [0.5, 0.6) is 0 Å². The van der Waals surface area contributed by atoms with E-state index in [9.17, 15) is 18.0 Å². The number of carbonyl (C=O) groups excluding carboxylic acids is 2. The van der Waals surface area contributed by atoms with Crippen LogP contribution in [0, 0.1) is 0 Å². The number of nitrogens with one attached hydrogen (secondary N) is 1. The van der Waals surface area contributed by atoms with E-state index in [-0.39, 0.29) is 46.4 Å². The first-order valence-electron chi connectivity index (χ1n) is 11.0. The number of benzene rings is 2. The van der Waals surface area contributed by atoms with E-state index < -0.39 is 32.8 Å². The van der Waals surface area contributed by atoms with Crippen LogP contribution in [-0.2, 0) is 25.8 Å². The van der Waals surface area contributed by atoms with Crippen LogP contribution in [0.25, 0.3) is 0 Å². The number of sulfone groups is 1. The topological polar surface area (TPSA) is 113 Å². The molecule has 2 aliphatic rings. The third-order valence-corrected chi connectivity index (χ3v) is 9.61. The van der Waals surface area contributed by atoms with Crippen LogP contribution < -0.4 is 11.1 Å². The van der Waals surface area contributed by atoms with E-state index in [0.717, 1.165) is 4.90 Å². The van der Waals surface area contributed by atoms with Gasteiger partial charge in [0.1, 0.15) is 6.04 Å². The minimum Gasteiger partial charge on any atom is -0.334 e. The fourth-order valence-electron chi connectivity index (χ4n) is 4.59. The SMILES string of the molecule is CC(C)N1CC2(S(=O)(=O)c3ccc(Cl)cc3Cl)NCC(N)C(=O)N2C(Cc2ccc(Cl)cc2)C1=O. The number of piperazine rings is 1. The van der Waals surface area contributed by atoms with Gasteiger partial charge in [0.25, 0.3) is 0 Å². The molecule has 3 N–H and O–H groups in total. The predicted octanol–water partition coefficient (Wildman–Crippen LogP) is 2.70. The van der Waals surface area contributed by atoms with Crippen molar-refractivity contribution in [2.45, 2.75) is 48.3 Å². The van der Waals surface area contributed by atoms with Gasteiger partial charge in [-0.1, -0.05) is 46.9 Å². The van der Waals surface area contributed by atoms with Crippen molar-refractivity contribution >= 4 is 56.5 Å². The van der Waals surface area contributed by atoms with E-state index in [1.54, 1.807) is 38.1 Å². The summed E-state index contributed by atoms with van der Waals surface area (Å²) in [5.74, 6) is -1.000. The van der Waals surface area contributed by atoms with Gasteiger partial charge in [-0.25, -0.2) is 8.42 Å². The number of hydrogen-bond acceptors (Lipinski definition) is 6. The number of rotatable bonds is 5. The van der Waals surface area contributed by atoms with Gasteiger partial charge in [-0.15, -0.1) is 0 Å². The minimum absolute atomic E-state index is 0.0744. The van der Waals surface area contributed by atoms with Crippen LogP contribution in [0.15, 0.2) is 47.4 Å². The number of nitrogens with zero attached hydrogens (tertiary/aromatic N) is 2. The highest BCUT2D eigenvalue weighted by Gasteiger charge is 2.63. The van der Waals surface area contributed by atoms with E-state index >= 15 is 0 Å². The van der Waals surface area contributed by atoms with Gasteiger partial charge in [-0.3, -0.25) is 19.8 Å². The summed E-state index contributed by atoms with van der Waals surface area (Å²) in [6.45, 7) is 3.20. The van der Waals surface area contributed by atoms with Gasteiger partial charge in [0.15, 0.2) is 0 Å². The molecule has 2 heterocycles. The van der Waals surface area contributed by atoms with E-state index in [0.29, 0.717) is 10.6 Å². The summed E-state index contributed by atoms with van der Waals surface area (Å²) in [5, 5.41) is 3.70. The normalized spacial score (nSPS) is 25.2. The zero-order valence-electron chi connectivity index (χ0n) is 19.0. The maximum atomic E-state index is 14.3. The number of carbonyl (C=O) groups is 2. The third-order valence-electron chi connectivity index (χ3n) is 6.40. The molecule has 35 heavy (non-hydrogen) atoms. The van der Waals surface area contributed by atoms with Crippen molar-refractivity contribution in [3.8, 4) is 0 Å². The average Bonchev–Trinajstić information content (AvgIpc) is 2.78. The lowest BCUT2D eigenvalue weighted by atomic mass is 9.96. The smallest absolute Gasteiger partial charge is 0.246 e. The number of nitrogens with two attached hydrogens (primary N) is 1. The van der Waals surface area contributed by atoms with Gasteiger partial charge in [0.2, 0.25) is 26.6 Å². The second kappa shape index (κ2) is 9.53. The molecule has 2 aromatic rings. The van der Waals surface area contributed by atoms with Gasteiger partial charge in [0, 0.05) is 29.1 Å². The standard InChI is InChI=1S/C23H25Cl3N4O4S/c1-13(2)29-12-23(35(33,34)20-8-7-16(25)10-17(20)26)28-11-18(27)21(31)30(23)19(22(29)32)9-14-3-5-15(24)6-4-14/h3-8,10,13,18-19,28H,9,11-12,27H2,1-2H3. The van der Waals surface area contributed by atoms with Crippen LogP contribution in [0.4, 0.5) is 0 Å². The summed E-state index contributed by atoms with van der Waals surface area (Å²) in [7, 11) is -4.38. The van der Waals surface area contributed by atoms with E-state index in [2.05, 4.69) is 5.32 Å². The molecule has 0 radical (unpaired) electrons. The minimum atomic E-state index is -4.38. The molecule has 2 saturated heterocycles. The molecule has 0 aliphatic carbocycles. The van der Waals surface area contributed by atoms with Gasteiger partial charge in [-0.2, -0.15) is 0 Å². The molecule has 0 bridgehead atoms. The Bertz CT molecular complexity index is 1270. The molecule has 2 fully saturated rings. The fraction of sp³-hybridized carbons (Fsp3) is 0.391. The molecule has 0 spiro atoms. The summed E-state index contributed by atoms with van der Waals surface area (Å²) >= 11 is 18.3. The predicted molar refractivity (Wildman–Crippen MR) is 135 cm³/mol. The third kappa shape index (κ3) is 4.43. The molecule has 12 heteroatoms. The Labute approximate surface area is 219 Å². The lowest BCUT2D eigenvalue weighted by molar-refractivity contribution is -0.166. The molecule has 188 valence electrons. The molecule has 3 unspecified atom stereocenters. The summed E-state index contributed by atoms with van der Waals surface area (Å²) < 4.78 is 28.5. The van der Waals surface area contributed by atoms with E-state index in [4.69, 9.17) is 40.5 Å². The van der Waals surface area contributed by atoms with Crippen molar-refractivity contribution in [1.82, 2.24) is 15.1 Å². The Kier molecular flexibility index (Phi) is 7.13. The van der Waals surface area contributed by atoms with Crippen molar-refractivity contribution in [2.24, 2.45) is 5.73 Å². The van der Waals surface area contributed by atoms with Gasteiger partial charge in [-0.05, 0) is 49.7 Å². The van der Waals surface area contributed by atoms with Crippen LogP contribution in [0.1, 0.15) is 19.4 Å². The first-order valence-corrected chi connectivity index (χ1v) is 13.6. The summed E-state index contributed by atoms with van der Waals surface area (Å²) in [6.07, 6.45) is 0.0744. The van der Waals surface area contributed by atoms with Crippen LogP contribution >= 0.6 is 34.8 Å². The van der Waals surface area contributed by atoms with Crippen molar-refractivity contribution in [3.63, 3.8) is 0 Å². The van der Waals surface area contributed by atoms with Crippen molar-refractivity contribution in [2.75, 3.05) is 13.1 Å². The molecule has 4 rings (SSSR count). The first-order chi connectivity index (χ1) is 16.4. The van der Waals surface area contributed by atoms with Crippen LogP contribution in [0.3, 0.4) is 0 Å². The Morgan fingerprint density at radius 2 is 1.69 bits per heavy atom. The highest BCUT2D eigenvalue weighted by Crippen LogP contribution is 2.40. The molecule has 2 aromatic carbocycles. The molecular formula is C23H25Cl3N4O4S. The summed E-state index contributed by atoms with van der Waals surface area (Å²) in [6, 6.07) is 8.37. The number of fused-ring (bicyclic) bond motifs is 1. The number of halogens is 3. The molecular weight excluding hydrogens is 535 g/mol. The summed E-state index contributed by atoms with van der Waals surface area (Å²) in [5.41, 5.74) is 6.77. The first kappa shape index (κ1) is 26.2. The molecule has 2 aliphatic heterocycles. The summed E-state index contributed by atoms with van der Waals surface area (Å²) in [4.78, 5) is 27.6. The van der Waals surface area contributed by atoms with Crippen molar-refractivity contribution in [1.29, 1.82) is 0 Å². The van der Waals surface area contributed by atoms with Crippen LogP contribution in [0.2, 0.25) is 15.1 Å². The number of amides is 2.